The van der Waals surface area contributed by atoms with Gasteiger partial charge in [-0.05, 0) is 23.8 Å². The molecule has 0 spiro atoms. The fourth-order valence-electron chi connectivity index (χ4n) is 1.48. The van der Waals surface area contributed by atoms with Crippen molar-refractivity contribution in [3.05, 3.63) is 42.5 Å². The lowest BCUT2D eigenvalue weighted by atomic mass is 10.0. The molecule has 0 saturated carbocycles. The summed E-state index contributed by atoms with van der Waals surface area (Å²) in [5, 5.41) is 19.1. The smallest absolute Gasteiger partial charge is 0.165 e. The molecular formula is C12H11O3P. The highest BCUT2D eigenvalue weighted by Crippen LogP contribution is 2.36. The average molecular weight is 234 g/mol. The molecule has 1 unspecified atom stereocenters. The number of benzene rings is 2. The second-order valence-electron chi connectivity index (χ2n) is 3.32. The van der Waals surface area contributed by atoms with Crippen LogP contribution in [0.25, 0.3) is 11.1 Å². The van der Waals surface area contributed by atoms with Crippen LogP contribution >= 0.6 is 9.47 Å². The minimum atomic E-state index is -0.121. The van der Waals surface area contributed by atoms with Gasteiger partial charge in [0.15, 0.2) is 11.5 Å². The standard InChI is InChI=1S/C12H11O3P/c13-11-3-1-2-10(12(11)14)8-4-6-9(15-16)7-5-8/h1-7,13-14H,16H2. The van der Waals surface area contributed by atoms with Gasteiger partial charge in [-0.25, -0.2) is 0 Å². The van der Waals surface area contributed by atoms with Crippen LogP contribution in [0, 0.1) is 0 Å². The van der Waals surface area contributed by atoms with Crippen molar-refractivity contribution in [1.29, 1.82) is 0 Å². The minimum absolute atomic E-state index is 0.109. The zero-order valence-electron chi connectivity index (χ0n) is 8.42. The van der Waals surface area contributed by atoms with Crippen molar-refractivity contribution in [1.82, 2.24) is 0 Å². The molecule has 2 rings (SSSR count). The SMILES string of the molecule is Oc1cccc(-c2ccc(OP)cc2)c1O. The quantitative estimate of drug-likeness (QED) is 0.620. The molecule has 0 aliphatic carbocycles. The van der Waals surface area contributed by atoms with Crippen molar-refractivity contribution < 1.29 is 14.7 Å². The van der Waals surface area contributed by atoms with Gasteiger partial charge in [-0.15, -0.1) is 0 Å². The predicted molar refractivity (Wildman–Crippen MR) is 65.5 cm³/mol. The maximum Gasteiger partial charge on any atom is 0.165 e. The van der Waals surface area contributed by atoms with Gasteiger partial charge in [0.2, 0.25) is 0 Å². The van der Waals surface area contributed by atoms with Crippen molar-refractivity contribution in [2.24, 2.45) is 0 Å². The second-order valence-corrected chi connectivity index (χ2v) is 3.55. The highest BCUT2D eigenvalue weighted by atomic mass is 31.0. The molecule has 0 aliphatic rings. The fourth-order valence-corrected chi connectivity index (χ4v) is 1.63. The Bertz CT molecular complexity index is 494. The van der Waals surface area contributed by atoms with E-state index in [9.17, 15) is 10.2 Å². The maximum atomic E-state index is 9.69. The Morgan fingerprint density at radius 1 is 0.938 bits per heavy atom. The molecule has 0 saturated heterocycles. The summed E-state index contributed by atoms with van der Waals surface area (Å²) < 4.78 is 4.96. The second kappa shape index (κ2) is 4.42. The third-order valence-corrected chi connectivity index (χ3v) is 2.59. The predicted octanol–water partition coefficient (Wildman–Crippen LogP) is 2.93. The van der Waals surface area contributed by atoms with E-state index in [-0.39, 0.29) is 11.5 Å². The molecule has 0 radical (unpaired) electrons. The number of para-hydroxylation sites is 1. The van der Waals surface area contributed by atoms with Crippen LogP contribution in [0.3, 0.4) is 0 Å². The van der Waals surface area contributed by atoms with Crippen molar-refractivity contribution in [2.75, 3.05) is 0 Å². The Labute approximate surface area is 95.6 Å². The van der Waals surface area contributed by atoms with Crippen molar-refractivity contribution in [2.45, 2.75) is 0 Å². The number of hydrogen-bond acceptors (Lipinski definition) is 3. The van der Waals surface area contributed by atoms with E-state index in [0.29, 0.717) is 11.3 Å². The first-order valence-electron chi connectivity index (χ1n) is 4.70. The molecule has 16 heavy (non-hydrogen) atoms. The van der Waals surface area contributed by atoms with E-state index < -0.39 is 0 Å². The van der Waals surface area contributed by atoms with E-state index in [0.717, 1.165) is 5.56 Å². The molecule has 2 aromatic carbocycles. The molecule has 0 bridgehead atoms. The van der Waals surface area contributed by atoms with Crippen LogP contribution in [-0.4, -0.2) is 10.2 Å². The lowest BCUT2D eigenvalue weighted by Crippen LogP contribution is -1.80. The van der Waals surface area contributed by atoms with Gasteiger partial charge in [-0.1, -0.05) is 24.3 Å². The summed E-state index contributed by atoms with van der Waals surface area (Å²) in [7, 11) is 2.17. The van der Waals surface area contributed by atoms with Crippen LogP contribution in [0.15, 0.2) is 42.5 Å². The van der Waals surface area contributed by atoms with Crippen LogP contribution < -0.4 is 4.52 Å². The number of hydrogen-bond donors (Lipinski definition) is 2. The topological polar surface area (TPSA) is 49.7 Å². The Morgan fingerprint density at radius 2 is 1.62 bits per heavy atom. The first-order chi connectivity index (χ1) is 7.72. The molecule has 0 fully saturated rings. The van der Waals surface area contributed by atoms with E-state index in [2.05, 4.69) is 9.47 Å². The average Bonchev–Trinajstić information content (AvgIpc) is 2.33. The maximum absolute atomic E-state index is 9.69. The van der Waals surface area contributed by atoms with E-state index in [1.54, 1.807) is 24.3 Å². The first kappa shape index (κ1) is 10.8. The Kier molecular flexibility index (Phi) is 2.97. The minimum Gasteiger partial charge on any atom is -0.504 e. The van der Waals surface area contributed by atoms with Crippen LogP contribution in [0.4, 0.5) is 0 Å². The summed E-state index contributed by atoms with van der Waals surface area (Å²) in [6.07, 6.45) is 0. The van der Waals surface area contributed by atoms with Gasteiger partial charge in [-0.2, -0.15) is 0 Å². The molecule has 2 N–H and O–H groups in total. The summed E-state index contributed by atoms with van der Waals surface area (Å²) in [4.78, 5) is 0. The normalized spacial score (nSPS) is 10.1. The number of phenols is 2. The summed E-state index contributed by atoms with van der Waals surface area (Å²) >= 11 is 0. The molecule has 0 aliphatic heterocycles. The molecule has 4 heteroatoms. The summed E-state index contributed by atoms with van der Waals surface area (Å²) in [5.41, 5.74) is 1.41. The van der Waals surface area contributed by atoms with Crippen molar-refractivity contribution >= 4 is 9.47 Å². The van der Waals surface area contributed by atoms with E-state index >= 15 is 0 Å². The molecule has 0 amide bonds. The van der Waals surface area contributed by atoms with Gasteiger partial charge >= 0.3 is 0 Å². The third kappa shape index (κ3) is 1.95. The summed E-state index contributed by atoms with van der Waals surface area (Å²) in [5.74, 6) is 0.485. The molecule has 82 valence electrons. The van der Waals surface area contributed by atoms with E-state index in [1.165, 1.54) is 6.07 Å². The van der Waals surface area contributed by atoms with Crippen LogP contribution in [0.1, 0.15) is 0 Å². The number of aromatic hydroxyl groups is 2. The lowest BCUT2D eigenvalue weighted by molar-refractivity contribution is 0.405. The van der Waals surface area contributed by atoms with Gasteiger partial charge in [0.1, 0.15) is 5.75 Å². The van der Waals surface area contributed by atoms with Crippen LogP contribution in [0.2, 0.25) is 0 Å². The zero-order chi connectivity index (χ0) is 11.5. The van der Waals surface area contributed by atoms with Crippen LogP contribution in [0.5, 0.6) is 17.2 Å². The first-order valence-corrected chi connectivity index (χ1v) is 5.17. The van der Waals surface area contributed by atoms with Gasteiger partial charge in [0, 0.05) is 5.56 Å². The summed E-state index contributed by atoms with van der Waals surface area (Å²) in [6, 6.07) is 12.1. The Balaban J connectivity index is 2.46. The van der Waals surface area contributed by atoms with Gasteiger partial charge < -0.3 is 14.7 Å². The molecule has 2 aromatic rings. The molecule has 1 atom stereocenters. The highest BCUT2D eigenvalue weighted by molar-refractivity contribution is 7.10. The van der Waals surface area contributed by atoms with Gasteiger partial charge in [0.25, 0.3) is 0 Å². The van der Waals surface area contributed by atoms with Crippen molar-refractivity contribution in [3.8, 4) is 28.4 Å². The zero-order valence-corrected chi connectivity index (χ0v) is 9.58. The molecule has 3 nitrogen and oxygen atoms in total. The number of rotatable bonds is 2. The Hall–Kier alpha value is -1.73. The lowest BCUT2D eigenvalue weighted by Gasteiger charge is -2.06. The van der Waals surface area contributed by atoms with Gasteiger partial charge in [-0.3, -0.25) is 0 Å². The Morgan fingerprint density at radius 3 is 2.25 bits per heavy atom. The van der Waals surface area contributed by atoms with E-state index in [4.69, 9.17) is 4.52 Å². The largest absolute Gasteiger partial charge is 0.504 e. The molecular weight excluding hydrogens is 223 g/mol. The van der Waals surface area contributed by atoms with Gasteiger partial charge in [0.05, 0.1) is 9.47 Å². The van der Waals surface area contributed by atoms with Crippen molar-refractivity contribution in [3.63, 3.8) is 0 Å². The molecule has 0 heterocycles. The third-order valence-electron chi connectivity index (χ3n) is 2.32. The molecule has 0 aromatic heterocycles. The van der Waals surface area contributed by atoms with Crippen LogP contribution in [-0.2, 0) is 0 Å². The monoisotopic (exact) mass is 234 g/mol. The van der Waals surface area contributed by atoms with E-state index in [1.807, 2.05) is 12.1 Å². The summed E-state index contributed by atoms with van der Waals surface area (Å²) in [6.45, 7) is 0. The fraction of sp³-hybridized carbons (Fsp3) is 0. The highest BCUT2D eigenvalue weighted by Gasteiger charge is 2.07. The number of phenolic OH excluding ortho intramolecular Hbond substituents is 2.